The summed E-state index contributed by atoms with van der Waals surface area (Å²) in [7, 11) is -3.59. The molecule has 0 saturated heterocycles. The van der Waals surface area contributed by atoms with E-state index in [1.807, 2.05) is 0 Å². The van der Waals surface area contributed by atoms with E-state index in [2.05, 4.69) is 9.88 Å². The maximum Gasteiger partial charge on any atom is 0.246 e. The first kappa shape index (κ1) is 14.8. The minimum atomic E-state index is -3.59. The molecule has 1 N–H and O–H groups in total. The first-order valence-electron chi connectivity index (χ1n) is 6.47. The Kier molecular flexibility index (Phi) is 4.53. The van der Waals surface area contributed by atoms with Crippen molar-refractivity contribution in [1.82, 2.24) is 9.88 Å². The highest BCUT2D eigenvalue weighted by Crippen LogP contribution is 2.28. The second-order valence-electron chi connectivity index (χ2n) is 5.08. The second kappa shape index (κ2) is 5.81. The number of nitrogens with one attached hydrogen (secondary N) is 1. The molecule has 0 aromatic carbocycles. The third-order valence-corrected chi connectivity index (χ3v) is 5.78. The molecule has 2 unspecified atom stereocenters. The van der Waals surface area contributed by atoms with Crippen LogP contribution in [0.1, 0.15) is 37.1 Å². The van der Waals surface area contributed by atoms with E-state index < -0.39 is 10.0 Å². The van der Waals surface area contributed by atoms with E-state index in [-0.39, 0.29) is 16.9 Å². The van der Waals surface area contributed by atoms with Gasteiger partial charge in [-0.3, -0.25) is 0 Å². The van der Waals surface area contributed by atoms with Gasteiger partial charge < -0.3 is 4.52 Å². The fraction of sp³-hybridized carbons (Fsp3) is 0.750. The number of aromatic nitrogens is 1. The topological polar surface area (TPSA) is 72.2 Å². The number of sulfonamides is 1. The van der Waals surface area contributed by atoms with Gasteiger partial charge in [0.05, 0.1) is 0 Å². The lowest BCUT2D eigenvalue weighted by atomic mass is 9.86. The minimum absolute atomic E-state index is 0.0926. The van der Waals surface area contributed by atoms with Crippen molar-refractivity contribution < 1.29 is 12.9 Å². The SMILES string of the molecule is Cc1noc(C)c1S(=O)(=O)NC1CCCCC1CCl. The predicted octanol–water partition coefficient (Wildman–Crippen LogP) is 2.37. The summed E-state index contributed by atoms with van der Waals surface area (Å²) in [5, 5.41) is 3.69. The van der Waals surface area contributed by atoms with Crippen LogP contribution in [0.15, 0.2) is 9.42 Å². The minimum Gasteiger partial charge on any atom is -0.360 e. The van der Waals surface area contributed by atoms with Crippen molar-refractivity contribution in [2.75, 3.05) is 5.88 Å². The lowest BCUT2D eigenvalue weighted by Crippen LogP contribution is -2.42. The molecule has 7 heteroatoms. The largest absolute Gasteiger partial charge is 0.360 e. The van der Waals surface area contributed by atoms with E-state index in [0.717, 1.165) is 25.7 Å². The fourth-order valence-electron chi connectivity index (χ4n) is 2.66. The van der Waals surface area contributed by atoms with Crippen LogP contribution in [0.25, 0.3) is 0 Å². The number of rotatable bonds is 4. The van der Waals surface area contributed by atoms with Gasteiger partial charge in [0.1, 0.15) is 10.6 Å². The van der Waals surface area contributed by atoms with Gasteiger partial charge in [-0.25, -0.2) is 13.1 Å². The molecule has 1 aromatic heterocycles. The van der Waals surface area contributed by atoms with Crippen LogP contribution in [0, 0.1) is 19.8 Å². The Bertz CT molecular complexity index is 522. The van der Waals surface area contributed by atoms with E-state index in [0.29, 0.717) is 17.3 Å². The molecule has 1 aliphatic carbocycles. The average molecular weight is 307 g/mol. The molecule has 1 aromatic rings. The molecule has 1 fully saturated rings. The first-order valence-corrected chi connectivity index (χ1v) is 8.48. The van der Waals surface area contributed by atoms with Gasteiger partial charge in [0.15, 0.2) is 5.76 Å². The lowest BCUT2D eigenvalue weighted by Gasteiger charge is -2.30. The molecule has 108 valence electrons. The van der Waals surface area contributed by atoms with E-state index in [1.54, 1.807) is 13.8 Å². The third-order valence-electron chi connectivity index (χ3n) is 3.65. The van der Waals surface area contributed by atoms with Gasteiger partial charge in [-0.15, -0.1) is 11.6 Å². The van der Waals surface area contributed by atoms with Gasteiger partial charge in [-0.2, -0.15) is 0 Å². The van der Waals surface area contributed by atoms with Crippen LogP contribution in [0.2, 0.25) is 0 Å². The highest BCUT2D eigenvalue weighted by atomic mass is 35.5. The molecule has 0 radical (unpaired) electrons. The van der Waals surface area contributed by atoms with Crippen molar-refractivity contribution in [3.05, 3.63) is 11.5 Å². The average Bonchev–Trinajstić information content (AvgIpc) is 2.70. The van der Waals surface area contributed by atoms with Crippen LogP contribution in [0.5, 0.6) is 0 Å². The van der Waals surface area contributed by atoms with Crippen molar-refractivity contribution in [3.8, 4) is 0 Å². The number of aryl methyl sites for hydroxylation is 2. The van der Waals surface area contributed by atoms with Crippen LogP contribution in [-0.4, -0.2) is 25.5 Å². The molecule has 0 aliphatic heterocycles. The zero-order chi connectivity index (χ0) is 14.0. The number of nitrogens with zero attached hydrogens (tertiary/aromatic N) is 1. The quantitative estimate of drug-likeness (QED) is 0.867. The zero-order valence-electron chi connectivity index (χ0n) is 11.1. The number of halogens is 1. The van der Waals surface area contributed by atoms with Gasteiger partial charge in [-0.1, -0.05) is 18.0 Å². The van der Waals surface area contributed by atoms with Gasteiger partial charge >= 0.3 is 0 Å². The van der Waals surface area contributed by atoms with Crippen LogP contribution in [-0.2, 0) is 10.0 Å². The lowest BCUT2D eigenvalue weighted by molar-refractivity contribution is 0.313. The molecular weight excluding hydrogens is 288 g/mol. The molecule has 0 bridgehead atoms. The Morgan fingerprint density at radius 2 is 2.05 bits per heavy atom. The van der Waals surface area contributed by atoms with Crippen LogP contribution in [0.3, 0.4) is 0 Å². The van der Waals surface area contributed by atoms with Crippen molar-refractivity contribution in [3.63, 3.8) is 0 Å². The van der Waals surface area contributed by atoms with Crippen LogP contribution >= 0.6 is 11.6 Å². The Hall–Kier alpha value is -0.590. The van der Waals surface area contributed by atoms with Crippen LogP contribution in [0.4, 0.5) is 0 Å². The Labute approximate surface area is 118 Å². The van der Waals surface area contributed by atoms with Gasteiger partial charge in [0.25, 0.3) is 0 Å². The van der Waals surface area contributed by atoms with Crippen LogP contribution < -0.4 is 4.72 Å². The fourth-order valence-corrected chi connectivity index (χ4v) is 4.70. The maximum absolute atomic E-state index is 12.4. The molecule has 0 spiro atoms. The number of alkyl halides is 1. The Balaban J connectivity index is 2.21. The molecular formula is C12H19ClN2O3S. The summed E-state index contributed by atoms with van der Waals surface area (Å²) in [5.41, 5.74) is 0.392. The number of hydrogen-bond acceptors (Lipinski definition) is 4. The number of hydrogen-bond donors (Lipinski definition) is 1. The molecule has 19 heavy (non-hydrogen) atoms. The van der Waals surface area contributed by atoms with Crippen molar-refractivity contribution in [1.29, 1.82) is 0 Å². The molecule has 2 rings (SSSR count). The van der Waals surface area contributed by atoms with Crippen molar-refractivity contribution in [2.45, 2.75) is 50.5 Å². The summed E-state index contributed by atoms with van der Waals surface area (Å²) in [6, 6.07) is -0.0926. The summed E-state index contributed by atoms with van der Waals surface area (Å²) in [4.78, 5) is 0.159. The summed E-state index contributed by atoms with van der Waals surface area (Å²) in [5.74, 6) is 1.00. The molecule has 0 amide bonds. The van der Waals surface area contributed by atoms with E-state index in [9.17, 15) is 8.42 Å². The molecule has 1 aliphatic rings. The maximum atomic E-state index is 12.4. The smallest absolute Gasteiger partial charge is 0.246 e. The monoisotopic (exact) mass is 306 g/mol. The summed E-state index contributed by atoms with van der Waals surface area (Å²) in [6.45, 7) is 3.24. The first-order chi connectivity index (χ1) is 8.95. The summed E-state index contributed by atoms with van der Waals surface area (Å²) < 4.78 is 32.5. The Morgan fingerprint density at radius 1 is 1.37 bits per heavy atom. The normalized spacial score (nSPS) is 24.6. The van der Waals surface area contributed by atoms with Gasteiger partial charge in [0.2, 0.25) is 10.0 Å². The van der Waals surface area contributed by atoms with E-state index >= 15 is 0 Å². The molecule has 2 atom stereocenters. The zero-order valence-corrected chi connectivity index (χ0v) is 12.7. The van der Waals surface area contributed by atoms with Gasteiger partial charge in [0, 0.05) is 11.9 Å². The summed E-state index contributed by atoms with van der Waals surface area (Å²) in [6.07, 6.45) is 3.95. The predicted molar refractivity (Wildman–Crippen MR) is 72.8 cm³/mol. The molecule has 5 nitrogen and oxygen atoms in total. The second-order valence-corrected chi connectivity index (χ2v) is 7.04. The van der Waals surface area contributed by atoms with E-state index in [1.165, 1.54) is 0 Å². The standard InChI is InChI=1S/C12H19ClN2O3S/c1-8-12(9(2)18-14-8)19(16,17)15-11-6-4-3-5-10(11)7-13/h10-11,15H,3-7H2,1-2H3. The summed E-state index contributed by atoms with van der Waals surface area (Å²) >= 11 is 5.93. The van der Waals surface area contributed by atoms with Crippen molar-refractivity contribution >= 4 is 21.6 Å². The van der Waals surface area contributed by atoms with Crippen molar-refractivity contribution in [2.24, 2.45) is 5.92 Å². The molecule has 1 heterocycles. The van der Waals surface area contributed by atoms with Gasteiger partial charge in [-0.05, 0) is 32.6 Å². The molecule has 1 saturated carbocycles. The third kappa shape index (κ3) is 3.12. The van der Waals surface area contributed by atoms with E-state index in [4.69, 9.17) is 16.1 Å². The highest BCUT2D eigenvalue weighted by molar-refractivity contribution is 7.89. The Morgan fingerprint density at radius 3 is 2.63 bits per heavy atom. The highest BCUT2D eigenvalue weighted by Gasteiger charge is 2.31.